The van der Waals surface area contributed by atoms with Crippen molar-refractivity contribution < 1.29 is 23.0 Å². The molecule has 19 heavy (non-hydrogen) atoms. The summed E-state index contributed by atoms with van der Waals surface area (Å²) in [7, 11) is 1.51. The molecule has 2 rings (SSSR count). The standard InChI is InChI=1S/C13H11F3O2S/c1-18-10-6-11(19-7-10)12(17)8-2-4-9(5-3-8)13(14,15)16/h2-7,12,17H,1H3. The summed E-state index contributed by atoms with van der Waals surface area (Å²) in [6.07, 6.45) is -5.31. The van der Waals surface area contributed by atoms with E-state index in [1.165, 1.54) is 30.6 Å². The van der Waals surface area contributed by atoms with Crippen molar-refractivity contribution in [3.05, 3.63) is 51.7 Å². The van der Waals surface area contributed by atoms with Gasteiger partial charge in [0.05, 0.1) is 12.7 Å². The number of aliphatic hydroxyl groups is 1. The van der Waals surface area contributed by atoms with Crippen molar-refractivity contribution in [3.8, 4) is 5.75 Å². The molecule has 2 nitrogen and oxygen atoms in total. The molecule has 0 amide bonds. The van der Waals surface area contributed by atoms with Crippen LogP contribution in [0.4, 0.5) is 13.2 Å². The Morgan fingerprint density at radius 3 is 2.32 bits per heavy atom. The van der Waals surface area contributed by atoms with Gasteiger partial charge in [0.2, 0.25) is 0 Å². The Labute approximate surface area is 112 Å². The van der Waals surface area contributed by atoms with Gasteiger partial charge in [-0.3, -0.25) is 0 Å². The fourth-order valence-corrected chi connectivity index (χ4v) is 2.47. The first-order valence-corrected chi connectivity index (χ1v) is 6.27. The summed E-state index contributed by atoms with van der Waals surface area (Å²) in [4.78, 5) is 0.622. The van der Waals surface area contributed by atoms with E-state index >= 15 is 0 Å². The topological polar surface area (TPSA) is 29.5 Å². The third kappa shape index (κ3) is 3.08. The average molecular weight is 288 g/mol. The van der Waals surface area contributed by atoms with E-state index in [1.54, 1.807) is 11.4 Å². The Morgan fingerprint density at radius 2 is 1.84 bits per heavy atom. The molecular formula is C13H11F3O2S. The summed E-state index contributed by atoms with van der Waals surface area (Å²) >= 11 is 1.29. The number of benzene rings is 1. The van der Waals surface area contributed by atoms with Crippen molar-refractivity contribution in [2.24, 2.45) is 0 Å². The number of hydrogen-bond donors (Lipinski definition) is 1. The molecule has 1 N–H and O–H groups in total. The quantitative estimate of drug-likeness (QED) is 0.929. The van der Waals surface area contributed by atoms with E-state index < -0.39 is 17.8 Å². The highest BCUT2D eigenvalue weighted by molar-refractivity contribution is 7.10. The molecule has 0 aliphatic carbocycles. The van der Waals surface area contributed by atoms with Gasteiger partial charge in [-0.2, -0.15) is 13.2 Å². The molecule has 0 saturated carbocycles. The highest BCUT2D eigenvalue weighted by Crippen LogP contribution is 2.33. The third-order valence-electron chi connectivity index (χ3n) is 2.65. The zero-order chi connectivity index (χ0) is 14.0. The van der Waals surface area contributed by atoms with Crippen molar-refractivity contribution in [3.63, 3.8) is 0 Å². The van der Waals surface area contributed by atoms with Crippen LogP contribution in [-0.2, 0) is 6.18 Å². The Kier molecular flexibility index (Phi) is 3.82. The van der Waals surface area contributed by atoms with Crippen LogP contribution >= 0.6 is 11.3 Å². The molecule has 1 aromatic carbocycles. The molecule has 0 bridgehead atoms. The van der Waals surface area contributed by atoms with E-state index in [4.69, 9.17) is 4.74 Å². The van der Waals surface area contributed by atoms with Gasteiger partial charge in [-0.25, -0.2) is 0 Å². The maximum absolute atomic E-state index is 12.4. The van der Waals surface area contributed by atoms with Crippen LogP contribution in [-0.4, -0.2) is 12.2 Å². The first-order chi connectivity index (χ1) is 8.91. The first kappa shape index (κ1) is 13.9. The fourth-order valence-electron chi connectivity index (χ4n) is 1.60. The Bertz CT molecular complexity index is 546. The van der Waals surface area contributed by atoms with Crippen molar-refractivity contribution in [1.82, 2.24) is 0 Å². The molecule has 1 aromatic heterocycles. The van der Waals surface area contributed by atoms with Crippen LogP contribution in [0.1, 0.15) is 22.1 Å². The van der Waals surface area contributed by atoms with Gasteiger partial charge in [-0.1, -0.05) is 12.1 Å². The number of rotatable bonds is 3. The van der Waals surface area contributed by atoms with Crippen LogP contribution in [0.25, 0.3) is 0 Å². The average Bonchev–Trinajstić information content (AvgIpc) is 2.86. The fraction of sp³-hybridized carbons (Fsp3) is 0.231. The summed E-state index contributed by atoms with van der Waals surface area (Å²) in [5.74, 6) is 0.617. The highest BCUT2D eigenvalue weighted by Gasteiger charge is 2.30. The zero-order valence-corrected chi connectivity index (χ0v) is 10.8. The molecule has 0 fully saturated rings. The second-order valence-corrected chi connectivity index (χ2v) is 4.85. The number of thiophene rings is 1. The predicted octanol–water partition coefficient (Wildman–Crippen LogP) is 3.86. The van der Waals surface area contributed by atoms with Crippen LogP contribution in [0.2, 0.25) is 0 Å². The Morgan fingerprint density at radius 1 is 1.21 bits per heavy atom. The van der Waals surface area contributed by atoms with E-state index in [-0.39, 0.29) is 0 Å². The number of methoxy groups -OCH3 is 1. The number of halogens is 3. The molecular weight excluding hydrogens is 277 g/mol. The summed E-state index contributed by atoms with van der Waals surface area (Å²) < 4.78 is 42.2. The molecule has 0 saturated heterocycles. The number of aliphatic hydroxyl groups excluding tert-OH is 1. The van der Waals surface area contributed by atoms with Crippen LogP contribution < -0.4 is 4.74 Å². The second-order valence-electron chi connectivity index (χ2n) is 3.91. The van der Waals surface area contributed by atoms with Gasteiger partial charge in [0.25, 0.3) is 0 Å². The van der Waals surface area contributed by atoms with Crippen LogP contribution in [0.3, 0.4) is 0 Å². The van der Waals surface area contributed by atoms with Gasteiger partial charge in [-0.15, -0.1) is 11.3 Å². The lowest BCUT2D eigenvalue weighted by atomic mass is 10.1. The molecule has 1 unspecified atom stereocenters. The van der Waals surface area contributed by atoms with Gasteiger partial charge in [-0.05, 0) is 23.8 Å². The molecule has 102 valence electrons. The van der Waals surface area contributed by atoms with E-state index in [9.17, 15) is 18.3 Å². The molecule has 6 heteroatoms. The largest absolute Gasteiger partial charge is 0.496 e. The van der Waals surface area contributed by atoms with Gasteiger partial charge in [0, 0.05) is 10.3 Å². The SMILES string of the molecule is COc1csc(C(O)c2ccc(C(F)(F)F)cc2)c1. The van der Waals surface area contributed by atoms with Crippen molar-refractivity contribution in [2.45, 2.75) is 12.3 Å². The van der Waals surface area contributed by atoms with Crippen molar-refractivity contribution in [1.29, 1.82) is 0 Å². The maximum atomic E-state index is 12.4. The molecule has 1 heterocycles. The minimum atomic E-state index is -4.37. The van der Waals surface area contributed by atoms with E-state index in [0.29, 0.717) is 16.2 Å². The smallest absolute Gasteiger partial charge is 0.416 e. The molecule has 0 aliphatic heterocycles. The Balaban J connectivity index is 2.22. The third-order valence-corrected chi connectivity index (χ3v) is 3.62. The summed E-state index contributed by atoms with van der Waals surface area (Å²) in [6.45, 7) is 0. The molecule has 0 spiro atoms. The first-order valence-electron chi connectivity index (χ1n) is 5.39. The zero-order valence-electron chi connectivity index (χ0n) is 9.94. The van der Waals surface area contributed by atoms with Gasteiger partial charge < -0.3 is 9.84 Å². The lowest BCUT2D eigenvalue weighted by molar-refractivity contribution is -0.137. The minimum Gasteiger partial charge on any atom is -0.496 e. The van der Waals surface area contributed by atoms with Crippen LogP contribution in [0.5, 0.6) is 5.75 Å². The number of hydrogen-bond acceptors (Lipinski definition) is 3. The molecule has 0 aliphatic rings. The van der Waals surface area contributed by atoms with Crippen LogP contribution in [0.15, 0.2) is 35.7 Å². The van der Waals surface area contributed by atoms with E-state index in [2.05, 4.69) is 0 Å². The predicted molar refractivity (Wildman–Crippen MR) is 66.4 cm³/mol. The van der Waals surface area contributed by atoms with Crippen LogP contribution in [0, 0.1) is 0 Å². The van der Waals surface area contributed by atoms with Crippen molar-refractivity contribution >= 4 is 11.3 Å². The second kappa shape index (κ2) is 5.22. The molecule has 0 radical (unpaired) electrons. The monoisotopic (exact) mass is 288 g/mol. The summed E-state index contributed by atoms with van der Waals surface area (Å²) in [5.41, 5.74) is -0.315. The van der Waals surface area contributed by atoms with E-state index in [1.807, 2.05) is 0 Å². The van der Waals surface area contributed by atoms with Gasteiger partial charge >= 0.3 is 6.18 Å². The summed E-state index contributed by atoms with van der Waals surface area (Å²) in [6, 6.07) is 6.14. The van der Waals surface area contributed by atoms with Crippen molar-refractivity contribution in [2.75, 3.05) is 7.11 Å². The van der Waals surface area contributed by atoms with Gasteiger partial charge in [0.15, 0.2) is 0 Å². The molecule has 1 atom stereocenters. The lowest BCUT2D eigenvalue weighted by Crippen LogP contribution is -2.05. The Hall–Kier alpha value is -1.53. The summed E-state index contributed by atoms with van der Waals surface area (Å²) in [5, 5.41) is 11.8. The minimum absolute atomic E-state index is 0.414. The van der Waals surface area contributed by atoms with Gasteiger partial charge in [0.1, 0.15) is 11.9 Å². The van der Waals surface area contributed by atoms with E-state index in [0.717, 1.165) is 12.1 Å². The highest BCUT2D eigenvalue weighted by atomic mass is 32.1. The lowest BCUT2D eigenvalue weighted by Gasteiger charge is -2.11. The molecule has 2 aromatic rings. The number of ether oxygens (including phenoxy) is 1. The normalized spacial score (nSPS) is 13.3. The number of alkyl halides is 3. The maximum Gasteiger partial charge on any atom is 0.416 e.